The first-order valence-corrected chi connectivity index (χ1v) is 7.74. The first-order chi connectivity index (χ1) is 10.3. The number of nitrogens with zero attached hydrogens (tertiary/aromatic N) is 2. The number of aromatic nitrogens is 2. The zero-order valence-electron chi connectivity index (χ0n) is 12.4. The number of halogens is 1. The first-order valence-electron chi connectivity index (χ1n) is 7.74. The third-order valence-electron chi connectivity index (χ3n) is 4.75. The van der Waals surface area contributed by atoms with Gasteiger partial charge in [-0.3, -0.25) is 4.79 Å². The first kappa shape index (κ1) is 15.3. The second kappa shape index (κ2) is 6.26. The lowest BCUT2D eigenvalue weighted by atomic mass is 10.1. The molecule has 0 spiro atoms. The van der Waals surface area contributed by atoms with Gasteiger partial charge in [0, 0.05) is 43.0 Å². The van der Waals surface area contributed by atoms with Crippen LogP contribution in [0.25, 0.3) is 11.0 Å². The molecule has 2 aliphatic rings. The van der Waals surface area contributed by atoms with Crippen molar-refractivity contribution in [1.82, 2.24) is 20.2 Å². The Balaban J connectivity index is 0.00000144. The van der Waals surface area contributed by atoms with Crippen LogP contribution in [0, 0.1) is 0 Å². The second-order valence-electron chi connectivity index (χ2n) is 6.16. The smallest absolute Gasteiger partial charge is 0.227 e. The van der Waals surface area contributed by atoms with Gasteiger partial charge >= 0.3 is 0 Å². The molecule has 2 unspecified atom stereocenters. The number of rotatable bonds is 2. The number of hydrogen-bond acceptors (Lipinski definition) is 3. The van der Waals surface area contributed by atoms with Crippen molar-refractivity contribution in [3.05, 3.63) is 30.1 Å². The monoisotopic (exact) mass is 320 g/mol. The van der Waals surface area contributed by atoms with Gasteiger partial charge in [0.15, 0.2) is 0 Å². The van der Waals surface area contributed by atoms with E-state index in [0.717, 1.165) is 36.1 Å². The summed E-state index contributed by atoms with van der Waals surface area (Å²) < 4.78 is 0. The predicted octanol–water partition coefficient (Wildman–Crippen LogP) is 1.88. The molecule has 2 saturated heterocycles. The summed E-state index contributed by atoms with van der Waals surface area (Å²) in [6, 6.07) is 5.04. The molecule has 0 saturated carbocycles. The molecule has 6 heteroatoms. The third kappa shape index (κ3) is 2.83. The van der Waals surface area contributed by atoms with Crippen molar-refractivity contribution < 1.29 is 4.79 Å². The van der Waals surface area contributed by atoms with Gasteiger partial charge in [0.25, 0.3) is 0 Å². The lowest BCUT2D eigenvalue weighted by Crippen LogP contribution is -2.39. The van der Waals surface area contributed by atoms with Crippen LogP contribution in [0.4, 0.5) is 0 Å². The zero-order valence-corrected chi connectivity index (χ0v) is 13.2. The van der Waals surface area contributed by atoms with E-state index in [1.54, 1.807) is 6.20 Å². The number of pyridine rings is 1. The Morgan fingerprint density at radius 3 is 3.09 bits per heavy atom. The van der Waals surface area contributed by atoms with E-state index in [-0.39, 0.29) is 18.3 Å². The molecule has 0 radical (unpaired) electrons. The normalized spacial score (nSPS) is 24.1. The fraction of sp³-hybridized carbons (Fsp3) is 0.500. The highest BCUT2D eigenvalue weighted by Gasteiger charge is 2.31. The quantitative estimate of drug-likeness (QED) is 0.888. The number of H-pyrrole nitrogens is 1. The van der Waals surface area contributed by atoms with Gasteiger partial charge in [0.05, 0.1) is 6.42 Å². The molecule has 2 N–H and O–H groups in total. The van der Waals surface area contributed by atoms with E-state index in [2.05, 4.69) is 15.3 Å². The van der Waals surface area contributed by atoms with Gasteiger partial charge in [0.2, 0.25) is 5.91 Å². The fourth-order valence-electron chi connectivity index (χ4n) is 3.60. The standard InChI is InChI=1S/C16H20N4O.ClH/c21-15(20-7-5-12-3-4-13(10-20)19-12)8-11-9-18-16-14(11)2-1-6-17-16;/h1-2,6,9,12-13,19H,3-5,7-8,10H2,(H,17,18);1H. The molecule has 2 aromatic rings. The average Bonchev–Trinajstić information content (AvgIpc) is 3.03. The number of fused-ring (bicyclic) bond motifs is 3. The summed E-state index contributed by atoms with van der Waals surface area (Å²) in [5, 5.41) is 4.67. The van der Waals surface area contributed by atoms with Crippen LogP contribution < -0.4 is 5.32 Å². The topological polar surface area (TPSA) is 61.0 Å². The second-order valence-corrected chi connectivity index (χ2v) is 6.16. The molecule has 118 valence electrons. The molecule has 2 bridgehead atoms. The van der Waals surface area contributed by atoms with Crippen LogP contribution >= 0.6 is 12.4 Å². The van der Waals surface area contributed by atoms with Gasteiger partial charge < -0.3 is 15.2 Å². The van der Waals surface area contributed by atoms with E-state index in [1.165, 1.54) is 12.8 Å². The molecule has 4 rings (SSSR count). The van der Waals surface area contributed by atoms with Crippen LogP contribution in [-0.2, 0) is 11.2 Å². The van der Waals surface area contributed by atoms with E-state index in [9.17, 15) is 4.79 Å². The minimum Gasteiger partial charge on any atom is -0.346 e. The molecular weight excluding hydrogens is 300 g/mol. The minimum atomic E-state index is 0. The third-order valence-corrected chi connectivity index (χ3v) is 4.75. The Morgan fingerprint density at radius 2 is 2.18 bits per heavy atom. The van der Waals surface area contributed by atoms with Crippen LogP contribution in [0.15, 0.2) is 24.5 Å². The Labute approximate surface area is 135 Å². The molecule has 1 amide bonds. The number of aromatic amines is 1. The van der Waals surface area contributed by atoms with Crippen LogP contribution in [0.5, 0.6) is 0 Å². The highest BCUT2D eigenvalue weighted by atomic mass is 35.5. The number of carbonyl (C=O) groups is 1. The molecule has 2 aromatic heterocycles. The Hall–Kier alpha value is -1.59. The molecule has 4 heterocycles. The largest absolute Gasteiger partial charge is 0.346 e. The summed E-state index contributed by atoms with van der Waals surface area (Å²) in [6.07, 6.45) is 7.69. The van der Waals surface area contributed by atoms with Gasteiger partial charge in [-0.25, -0.2) is 4.98 Å². The van der Waals surface area contributed by atoms with Crippen molar-refractivity contribution in [2.24, 2.45) is 0 Å². The lowest BCUT2D eigenvalue weighted by molar-refractivity contribution is -0.130. The molecule has 0 aromatic carbocycles. The summed E-state index contributed by atoms with van der Waals surface area (Å²) in [5.74, 6) is 0.231. The van der Waals surface area contributed by atoms with Crippen molar-refractivity contribution >= 4 is 29.3 Å². The Bertz CT molecular complexity index is 671. The van der Waals surface area contributed by atoms with E-state index in [1.807, 2.05) is 23.2 Å². The summed E-state index contributed by atoms with van der Waals surface area (Å²) in [4.78, 5) is 22.1. The van der Waals surface area contributed by atoms with Crippen LogP contribution in [-0.4, -0.2) is 45.9 Å². The number of amides is 1. The maximum atomic E-state index is 12.6. The average molecular weight is 321 g/mol. The predicted molar refractivity (Wildman–Crippen MR) is 88.2 cm³/mol. The molecule has 0 aliphatic carbocycles. The maximum absolute atomic E-state index is 12.6. The van der Waals surface area contributed by atoms with E-state index in [4.69, 9.17) is 0 Å². The Kier molecular flexibility index (Phi) is 4.36. The number of hydrogen-bond donors (Lipinski definition) is 2. The number of carbonyl (C=O) groups excluding carboxylic acids is 1. The summed E-state index contributed by atoms with van der Waals surface area (Å²) in [7, 11) is 0. The van der Waals surface area contributed by atoms with E-state index < -0.39 is 0 Å². The maximum Gasteiger partial charge on any atom is 0.227 e. The highest BCUT2D eigenvalue weighted by Crippen LogP contribution is 2.22. The number of likely N-dealkylation sites (tertiary alicyclic amines) is 1. The van der Waals surface area contributed by atoms with Gasteiger partial charge in [-0.15, -0.1) is 12.4 Å². The van der Waals surface area contributed by atoms with Gasteiger partial charge in [-0.1, -0.05) is 0 Å². The van der Waals surface area contributed by atoms with E-state index >= 15 is 0 Å². The SMILES string of the molecule is Cl.O=C(Cc1c[nH]c2ncccc12)N1CCC2CCC(C1)N2. The molecular formula is C16H21ClN4O. The van der Waals surface area contributed by atoms with Crippen molar-refractivity contribution in [2.75, 3.05) is 13.1 Å². The van der Waals surface area contributed by atoms with E-state index in [0.29, 0.717) is 18.5 Å². The molecule has 5 nitrogen and oxygen atoms in total. The summed E-state index contributed by atoms with van der Waals surface area (Å²) >= 11 is 0. The number of nitrogens with one attached hydrogen (secondary N) is 2. The van der Waals surface area contributed by atoms with Crippen molar-refractivity contribution in [1.29, 1.82) is 0 Å². The van der Waals surface area contributed by atoms with Crippen LogP contribution in [0.2, 0.25) is 0 Å². The molecule has 2 atom stereocenters. The van der Waals surface area contributed by atoms with Gasteiger partial charge in [-0.2, -0.15) is 0 Å². The van der Waals surface area contributed by atoms with Crippen molar-refractivity contribution in [3.8, 4) is 0 Å². The zero-order chi connectivity index (χ0) is 14.2. The molecule has 2 aliphatic heterocycles. The fourth-order valence-corrected chi connectivity index (χ4v) is 3.60. The molecule has 2 fully saturated rings. The molecule has 22 heavy (non-hydrogen) atoms. The Morgan fingerprint density at radius 1 is 1.32 bits per heavy atom. The van der Waals surface area contributed by atoms with Crippen LogP contribution in [0.1, 0.15) is 24.8 Å². The highest BCUT2D eigenvalue weighted by molar-refractivity contribution is 5.87. The van der Waals surface area contributed by atoms with Gasteiger partial charge in [-0.05, 0) is 37.0 Å². The van der Waals surface area contributed by atoms with Crippen molar-refractivity contribution in [3.63, 3.8) is 0 Å². The lowest BCUT2D eigenvalue weighted by Gasteiger charge is -2.24. The summed E-state index contributed by atoms with van der Waals surface area (Å²) in [6.45, 7) is 1.74. The minimum absolute atomic E-state index is 0. The summed E-state index contributed by atoms with van der Waals surface area (Å²) in [5.41, 5.74) is 1.90. The van der Waals surface area contributed by atoms with Crippen LogP contribution in [0.3, 0.4) is 0 Å². The van der Waals surface area contributed by atoms with Crippen molar-refractivity contribution in [2.45, 2.75) is 37.8 Å². The van der Waals surface area contributed by atoms with Gasteiger partial charge in [0.1, 0.15) is 5.65 Å².